The fourth-order valence-electron chi connectivity index (χ4n) is 2.49. The van der Waals surface area contributed by atoms with Crippen LogP contribution in [-0.4, -0.2) is 45.2 Å². The Balaban J connectivity index is 0.00000364. The lowest BCUT2D eigenvalue weighted by Crippen LogP contribution is -2.48. The third kappa shape index (κ3) is 5.70. The van der Waals surface area contributed by atoms with Crippen LogP contribution in [0.1, 0.15) is 31.8 Å². The van der Waals surface area contributed by atoms with Gasteiger partial charge in [0.1, 0.15) is 11.3 Å². The van der Waals surface area contributed by atoms with E-state index in [-0.39, 0.29) is 36.5 Å². The number of carbonyl (C=O) groups excluding carboxylic acids is 1. The van der Waals surface area contributed by atoms with E-state index in [1.807, 2.05) is 0 Å². The maximum atomic E-state index is 12.3. The fraction of sp³-hybridized carbons (Fsp3) is 0.176. The summed E-state index contributed by atoms with van der Waals surface area (Å²) in [6.45, 7) is 0.253. The van der Waals surface area contributed by atoms with Crippen molar-refractivity contribution in [3.63, 3.8) is 0 Å². The molecule has 0 saturated carbocycles. The molecule has 0 aliphatic heterocycles. The fourth-order valence-corrected chi connectivity index (χ4v) is 2.49. The molecule has 0 aromatic heterocycles. The minimum atomic E-state index is -1.91. The molecule has 144 valence electrons. The van der Waals surface area contributed by atoms with Crippen LogP contribution in [0.2, 0.25) is 0 Å². The van der Waals surface area contributed by atoms with Gasteiger partial charge in [0.25, 0.3) is 5.91 Å². The summed E-state index contributed by atoms with van der Waals surface area (Å²) < 4.78 is 0. The van der Waals surface area contributed by atoms with E-state index >= 15 is 0 Å². The number of halogens is 1. The first-order valence-corrected chi connectivity index (χ1v) is 7.83. The van der Waals surface area contributed by atoms with Crippen LogP contribution in [-0.2, 0) is 13.0 Å². The van der Waals surface area contributed by atoms with E-state index in [0.29, 0.717) is 5.56 Å². The number of para-hydroxylation sites is 1. The van der Waals surface area contributed by atoms with Crippen LogP contribution in [0.3, 0.4) is 0 Å². The zero-order valence-electron chi connectivity index (χ0n) is 14.2. The molecule has 0 aliphatic carbocycles. The van der Waals surface area contributed by atoms with E-state index in [4.69, 9.17) is 10.8 Å². The molecule has 2 rings (SSSR count). The van der Waals surface area contributed by atoms with Crippen LogP contribution in [0.5, 0.6) is 5.75 Å². The number of hydrogen-bond donors (Lipinski definition) is 6. The molecular weight excluding hydrogens is 374 g/mol. The van der Waals surface area contributed by atoms with Crippen molar-refractivity contribution in [2.24, 2.45) is 5.73 Å². The molecule has 1 amide bonds. The number of phenols is 1. The highest BCUT2D eigenvalue weighted by molar-refractivity contribution is 6.43. The number of aromatic hydroxyl groups is 1. The molecule has 0 fully saturated rings. The van der Waals surface area contributed by atoms with Gasteiger partial charge in [-0.2, -0.15) is 0 Å². The van der Waals surface area contributed by atoms with Crippen molar-refractivity contribution < 1.29 is 29.9 Å². The molecule has 0 saturated heterocycles. The van der Waals surface area contributed by atoms with E-state index in [1.54, 1.807) is 24.3 Å². The lowest BCUT2D eigenvalue weighted by Gasteiger charge is -2.19. The van der Waals surface area contributed by atoms with Gasteiger partial charge in [-0.15, -0.1) is 12.4 Å². The largest absolute Gasteiger partial charge is 0.507 e. The summed E-state index contributed by atoms with van der Waals surface area (Å²) in [7, 11) is -1.91. The van der Waals surface area contributed by atoms with Gasteiger partial charge in [0.05, 0.1) is 5.94 Å². The maximum absolute atomic E-state index is 12.3. The summed E-state index contributed by atoms with van der Waals surface area (Å²) in [5, 5.41) is 40.7. The number of amides is 1. The molecule has 7 N–H and O–H groups in total. The highest BCUT2D eigenvalue weighted by atomic mass is 35.5. The average Bonchev–Trinajstić information content (AvgIpc) is 2.62. The van der Waals surface area contributed by atoms with Crippen molar-refractivity contribution in [3.8, 4) is 5.75 Å². The van der Waals surface area contributed by atoms with Gasteiger partial charge in [-0.25, -0.2) is 4.79 Å². The van der Waals surface area contributed by atoms with Crippen molar-refractivity contribution in [3.05, 3.63) is 64.7 Å². The number of rotatable bonds is 7. The van der Waals surface area contributed by atoms with Crippen LogP contribution >= 0.6 is 12.4 Å². The van der Waals surface area contributed by atoms with Gasteiger partial charge in [-0.1, -0.05) is 24.3 Å². The summed E-state index contributed by atoms with van der Waals surface area (Å²) in [6, 6.07) is 10.6. The number of nitrogens with two attached hydrogens (primary N) is 1. The summed E-state index contributed by atoms with van der Waals surface area (Å²) in [4.78, 5) is 23.4. The lowest BCUT2D eigenvalue weighted by atomic mass is 9.75. The second kappa shape index (κ2) is 9.93. The number of carbonyl (C=O) groups is 2. The Bertz CT molecular complexity index is 818. The monoisotopic (exact) mass is 394 g/mol. The van der Waals surface area contributed by atoms with Crippen LogP contribution in [0.4, 0.5) is 0 Å². The van der Waals surface area contributed by atoms with Gasteiger partial charge < -0.3 is 31.3 Å². The topological polar surface area (TPSA) is 153 Å². The van der Waals surface area contributed by atoms with Gasteiger partial charge in [-0.05, 0) is 35.7 Å². The van der Waals surface area contributed by atoms with Crippen LogP contribution in [0, 0.1) is 0 Å². The molecule has 1 atom stereocenters. The minimum absolute atomic E-state index is 0. The van der Waals surface area contributed by atoms with E-state index in [1.165, 1.54) is 18.2 Å². The smallest absolute Gasteiger partial charge is 0.475 e. The standard InChI is InChI=1S/C17H19BN2O6.ClH/c19-9-10-3-1-5-12(7-10)16(22)20-14(18(25)26)8-11-4-2-6-13(15(11)21)17(23)24;/h1-7,14,21,25-26H,8-9,19H2,(H,20,22)(H,23,24);1H. The predicted octanol–water partition coefficient (Wildman–Crippen LogP) is 0.324. The Kier molecular flexibility index (Phi) is 8.26. The third-order valence-electron chi connectivity index (χ3n) is 3.89. The molecule has 27 heavy (non-hydrogen) atoms. The SMILES string of the molecule is Cl.NCc1cccc(C(=O)NC(Cc2cccc(C(=O)O)c2O)B(O)O)c1. The van der Waals surface area contributed by atoms with Gasteiger partial charge in [-0.3, -0.25) is 4.79 Å². The molecule has 0 spiro atoms. The lowest BCUT2D eigenvalue weighted by molar-refractivity contribution is 0.0693. The van der Waals surface area contributed by atoms with Crippen molar-refractivity contribution in [1.29, 1.82) is 0 Å². The van der Waals surface area contributed by atoms with Gasteiger partial charge in [0.2, 0.25) is 0 Å². The second-order valence-corrected chi connectivity index (χ2v) is 5.72. The number of aromatic carboxylic acids is 1. The Hall–Kier alpha value is -2.59. The van der Waals surface area contributed by atoms with Crippen molar-refractivity contribution in [2.45, 2.75) is 18.9 Å². The predicted molar refractivity (Wildman–Crippen MR) is 102 cm³/mol. The first kappa shape index (κ1) is 22.5. The number of hydrogen-bond acceptors (Lipinski definition) is 6. The highest BCUT2D eigenvalue weighted by Gasteiger charge is 2.28. The van der Waals surface area contributed by atoms with E-state index in [9.17, 15) is 24.7 Å². The van der Waals surface area contributed by atoms with Crippen molar-refractivity contribution in [1.82, 2.24) is 5.32 Å². The van der Waals surface area contributed by atoms with Crippen LogP contribution in [0.15, 0.2) is 42.5 Å². The zero-order chi connectivity index (χ0) is 19.3. The molecule has 2 aromatic carbocycles. The summed E-state index contributed by atoms with van der Waals surface area (Å²) in [5.41, 5.74) is 6.43. The second-order valence-electron chi connectivity index (χ2n) is 5.72. The number of benzene rings is 2. The normalized spacial score (nSPS) is 11.2. The van der Waals surface area contributed by atoms with Crippen molar-refractivity contribution in [2.75, 3.05) is 0 Å². The molecule has 10 heteroatoms. The number of carboxylic acids is 1. The van der Waals surface area contributed by atoms with Crippen LogP contribution < -0.4 is 11.1 Å². The number of nitrogens with one attached hydrogen (secondary N) is 1. The first-order valence-electron chi connectivity index (χ1n) is 7.83. The van der Waals surface area contributed by atoms with Crippen LogP contribution in [0.25, 0.3) is 0 Å². The van der Waals surface area contributed by atoms with E-state index in [0.717, 1.165) is 5.56 Å². The zero-order valence-corrected chi connectivity index (χ0v) is 15.0. The molecule has 8 nitrogen and oxygen atoms in total. The van der Waals surface area contributed by atoms with E-state index < -0.39 is 30.7 Å². The van der Waals surface area contributed by atoms with Crippen molar-refractivity contribution >= 4 is 31.4 Å². The number of carboxylic acid groups (broad SMARTS) is 1. The van der Waals surface area contributed by atoms with E-state index in [2.05, 4.69) is 5.32 Å². The third-order valence-corrected chi connectivity index (χ3v) is 3.89. The minimum Gasteiger partial charge on any atom is -0.507 e. The van der Waals surface area contributed by atoms with Gasteiger partial charge in [0.15, 0.2) is 0 Å². The highest BCUT2D eigenvalue weighted by Crippen LogP contribution is 2.24. The molecular formula is C17H20BClN2O6. The molecule has 0 heterocycles. The Morgan fingerprint density at radius 1 is 1.15 bits per heavy atom. The molecule has 0 radical (unpaired) electrons. The molecule has 2 aromatic rings. The summed E-state index contributed by atoms with van der Waals surface area (Å²) in [5.74, 6) is -3.50. The summed E-state index contributed by atoms with van der Waals surface area (Å²) >= 11 is 0. The molecule has 0 aliphatic rings. The van der Waals surface area contributed by atoms with Gasteiger partial charge >= 0.3 is 13.1 Å². The Morgan fingerprint density at radius 3 is 2.41 bits per heavy atom. The molecule has 0 bridgehead atoms. The van der Waals surface area contributed by atoms with Gasteiger partial charge in [0, 0.05) is 12.1 Å². The quantitative estimate of drug-likeness (QED) is 0.370. The Labute approximate surface area is 162 Å². The maximum Gasteiger partial charge on any atom is 0.475 e. The average molecular weight is 395 g/mol. The molecule has 1 unspecified atom stereocenters. The summed E-state index contributed by atoms with van der Waals surface area (Å²) in [6.07, 6.45) is -0.174. The Morgan fingerprint density at radius 2 is 1.81 bits per heavy atom. The first-order chi connectivity index (χ1) is 12.3.